The maximum atomic E-state index is 12.5. The van der Waals surface area contributed by atoms with E-state index in [1.807, 2.05) is 30.6 Å². The number of hydrogen-bond donors (Lipinski definition) is 2. The standard InChI is InChI=1S/C20H28N4O/c1-14(2)19-22-9-10-24(19)13-15-5-3-8-18(11-15)23-20(25)16-6-4-7-17(21)12-16/h3,5,8-11,14,16-17H,4,6-7,12-13,21H2,1-2H3,(H,23,25). The second kappa shape index (κ2) is 7.83. The number of anilines is 1. The molecule has 3 rings (SSSR count). The molecule has 1 aromatic heterocycles. The van der Waals surface area contributed by atoms with Crippen LogP contribution >= 0.6 is 0 Å². The van der Waals surface area contributed by atoms with Gasteiger partial charge in [0.25, 0.3) is 0 Å². The SMILES string of the molecule is CC(C)c1nccn1Cc1cccc(NC(=O)C2CCCC(N)C2)c1. The van der Waals surface area contributed by atoms with Crippen LogP contribution in [0.1, 0.15) is 56.8 Å². The number of hydrogen-bond acceptors (Lipinski definition) is 3. The Labute approximate surface area is 149 Å². The predicted molar refractivity (Wildman–Crippen MR) is 100 cm³/mol. The lowest BCUT2D eigenvalue weighted by Crippen LogP contribution is -2.34. The summed E-state index contributed by atoms with van der Waals surface area (Å²) in [6, 6.07) is 8.22. The summed E-state index contributed by atoms with van der Waals surface area (Å²) >= 11 is 0. The Balaban J connectivity index is 1.67. The summed E-state index contributed by atoms with van der Waals surface area (Å²) < 4.78 is 2.16. The number of carbonyl (C=O) groups excluding carboxylic acids is 1. The maximum Gasteiger partial charge on any atom is 0.227 e. The van der Waals surface area contributed by atoms with Crippen molar-refractivity contribution < 1.29 is 4.79 Å². The highest BCUT2D eigenvalue weighted by Gasteiger charge is 2.25. The fourth-order valence-corrected chi connectivity index (χ4v) is 3.61. The average Bonchev–Trinajstić information content (AvgIpc) is 3.03. The van der Waals surface area contributed by atoms with Crippen molar-refractivity contribution in [1.82, 2.24) is 9.55 Å². The number of nitrogens with one attached hydrogen (secondary N) is 1. The van der Waals surface area contributed by atoms with Crippen LogP contribution in [-0.2, 0) is 11.3 Å². The van der Waals surface area contributed by atoms with Gasteiger partial charge in [-0.25, -0.2) is 4.98 Å². The molecular weight excluding hydrogens is 312 g/mol. The molecule has 1 fully saturated rings. The number of imidazole rings is 1. The number of amides is 1. The zero-order valence-electron chi connectivity index (χ0n) is 15.1. The molecule has 0 saturated heterocycles. The first-order chi connectivity index (χ1) is 12.0. The second-order valence-corrected chi connectivity index (χ2v) is 7.38. The molecule has 1 saturated carbocycles. The van der Waals surface area contributed by atoms with E-state index in [9.17, 15) is 4.79 Å². The number of nitrogens with two attached hydrogens (primary N) is 1. The van der Waals surface area contributed by atoms with Crippen LogP contribution in [0.4, 0.5) is 5.69 Å². The fraction of sp³-hybridized carbons (Fsp3) is 0.500. The van der Waals surface area contributed by atoms with Crippen molar-refractivity contribution in [3.05, 3.63) is 48.0 Å². The molecule has 2 atom stereocenters. The van der Waals surface area contributed by atoms with Gasteiger partial charge in [-0.2, -0.15) is 0 Å². The van der Waals surface area contributed by atoms with Gasteiger partial charge < -0.3 is 15.6 Å². The largest absolute Gasteiger partial charge is 0.330 e. The van der Waals surface area contributed by atoms with Crippen LogP contribution in [0, 0.1) is 5.92 Å². The highest BCUT2D eigenvalue weighted by molar-refractivity contribution is 5.92. The third kappa shape index (κ3) is 4.48. The summed E-state index contributed by atoms with van der Waals surface area (Å²) in [6.07, 6.45) is 7.64. The Morgan fingerprint density at radius 1 is 1.40 bits per heavy atom. The lowest BCUT2D eigenvalue weighted by molar-refractivity contribution is -0.120. The van der Waals surface area contributed by atoms with Gasteiger partial charge in [-0.15, -0.1) is 0 Å². The summed E-state index contributed by atoms with van der Waals surface area (Å²) in [7, 11) is 0. The lowest BCUT2D eigenvalue weighted by atomic mass is 9.85. The molecule has 5 heteroatoms. The number of carbonyl (C=O) groups is 1. The monoisotopic (exact) mass is 340 g/mol. The molecule has 1 aliphatic rings. The molecule has 2 unspecified atom stereocenters. The van der Waals surface area contributed by atoms with Crippen molar-refractivity contribution in [2.24, 2.45) is 11.7 Å². The Morgan fingerprint density at radius 3 is 3.00 bits per heavy atom. The van der Waals surface area contributed by atoms with Crippen molar-refractivity contribution in [2.45, 2.75) is 58.0 Å². The van der Waals surface area contributed by atoms with E-state index in [0.29, 0.717) is 5.92 Å². The highest BCUT2D eigenvalue weighted by atomic mass is 16.1. The molecule has 1 aliphatic carbocycles. The van der Waals surface area contributed by atoms with Gasteiger partial charge in [-0.3, -0.25) is 4.79 Å². The highest BCUT2D eigenvalue weighted by Crippen LogP contribution is 2.25. The minimum Gasteiger partial charge on any atom is -0.330 e. The van der Waals surface area contributed by atoms with Gasteiger partial charge in [-0.05, 0) is 37.0 Å². The zero-order chi connectivity index (χ0) is 17.8. The van der Waals surface area contributed by atoms with Gasteiger partial charge in [0.1, 0.15) is 5.82 Å². The van der Waals surface area contributed by atoms with Gasteiger partial charge in [0, 0.05) is 42.5 Å². The van der Waals surface area contributed by atoms with Crippen LogP contribution in [0.3, 0.4) is 0 Å². The first kappa shape index (κ1) is 17.7. The Morgan fingerprint density at radius 2 is 2.24 bits per heavy atom. The molecular formula is C20H28N4O. The molecule has 25 heavy (non-hydrogen) atoms. The fourth-order valence-electron chi connectivity index (χ4n) is 3.61. The first-order valence-corrected chi connectivity index (χ1v) is 9.19. The summed E-state index contributed by atoms with van der Waals surface area (Å²) in [6.45, 7) is 5.04. The quantitative estimate of drug-likeness (QED) is 0.875. The summed E-state index contributed by atoms with van der Waals surface area (Å²) in [5.74, 6) is 1.59. The van der Waals surface area contributed by atoms with Crippen molar-refractivity contribution in [3.8, 4) is 0 Å². The van der Waals surface area contributed by atoms with Crippen molar-refractivity contribution >= 4 is 11.6 Å². The zero-order valence-corrected chi connectivity index (χ0v) is 15.1. The van der Waals surface area contributed by atoms with Crippen LogP contribution < -0.4 is 11.1 Å². The van der Waals surface area contributed by atoms with E-state index in [1.165, 1.54) is 0 Å². The smallest absolute Gasteiger partial charge is 0.227 e. The van der Waals surface area contributed by atoms with Crippen LogP contribution in [0.25, 0.3) is 0 Å². The third-order valence-electron chi connectivity index (χ3n) is 4.90. The molecule has 1 aromatic carbocycles. The van der Waals surface area contributed by atoms with Gasteiger partial charge in [-0.1, -0.05) is 32.4 Å². The van der Waals surface area contributed by atoms with Crippen molar-refractivity contribution in [1.29, 1.82) is 0 Å². The van der Waals surface area contributed by atoms with E-state index >= 15 is 0 Å². The van der Waals surface area contributed by atoms with Crippen LogP contribution in [-0.4, -0.2) is 21.5 Å². The minimum atomic E-state index is 0.0357. The molecule has 3 N–H and O–H groups in total. The lowest BCUT2D eigenvalue weighted by Gasteiger charge is -2.25. The Hall–Kier alpha value is -2.14. The molecule has 0 bridgehead atoms. The average molecular weight is 340 g/mol. The molecule has 0 radical (unpaired) electrons. The van der Waals surface area contributed by atoms with Gasteiger partial charge in [0.05, 0.1) is 0 Å². The first-order valence-electron chi connectivity index (χ1n) is 9.19. The molecule has 1 heterocycles. The van der Waals surface area contributed by atoms with Gasteiger partial charge in [0.15, 0.2) is 0 Å². The summed E-state index contributed by atoms with van der Waals surface area (Å²) in [5, 5.41) is 3.07. The second-order valence-electron chi connectivity index (χ2n) is 7.38. The molecule has 0 spiro atoms. The van der Waals surface area contributed by atoms with Crippen molar-refractivity contribution in [3.63, 3.8) is 0 Å². The summed E-state index contributed by atoms with van der Waals surface area (Å²) in [5.41, 5.74) is 8.01. The Bertz CT molecular complexity index is 722. The van der Waals surface area contributed by atoms with E-state index in [-0.39, 0.29) is 17.9 Å². The normalized spacial score (nSPS) is 20.6. The number of benzene rings is 1. The van der Waals surface area contributed by atoms with E-state index in [1.54, 1.807) is 0 Å². The van der Waals surface area contributed by atoms with Crippen LogP contribution in [0.15, 0.2) is 36.7 Å². The van der Waals surface area contributed by atoms with Gasteiger partial charge in [0.2, 0.25) is 5.91 Å². The molecule has 1 amide bonds. The minimum absolute atomic E-state index is 0.0357. The van der Waals surface area contributed by atoms with Gasteiger partial charge >= 0.3 is 0 Å². The maximum absolute atomic E-state index is 12.5. The molecule has 5 nitrogen and oxygen atoms in total. The Kier molecular flexibility index (Phi) is 5.53. The molecule has 0 aliphatic heterocycles. The van der Waals surface area contributed by atoms with E-state index < -0.39 is 0 Å². The number of rotatable bonds is 5. The third-order valence-corrected chi connectivity index (χ3v) is 4.90. The summed E-state index contributed by atoms with van der Waals surface area (Å²) in [4.78, 5) is 16.9. The molecule has 2 aromatic rings. The predicted octanol–water partition coefficient (Wildman–Crippen LogP) is 3.51. The van der Waals surface area contributed by atoms with Crippen molar-refractivity contribution in [2.75, 3.05) is 5.32 Å². The van der Waals surface area contributed by atoms with E-state index in [2.05, 4.69) is 34.8 Å². The van der Waals surface area contributed by atoms with Crippen LogP contribution in [0.2, 0.25) is 0 Å². The van der Waals surface area contributed by atoms with Crippen LogP contribution in [0.5, 0.6) is 0 Å². The number of nitrogens with zero attached hydrogens (tertiary/aromatic N) is 2. The number of aromatic nitrogens is 2. The molecule has 134 valence electrons. The van der Waals surface area contributed by atoms with E-state index in [4.69, 9.17) is 5.73 Å². The van der Waals surface area contributed by atoms with E-state index in [0.717, 1.165) is 49.3 Å². The topological polar surface area (TPSA) is 72.9 Å².